The molecule has 1 unspecified atom stereocenters. The van der Waals surface area contributed by atoms with Gasteiger partial charge in [-0.05, 0) is 43.2 Å². The van der Waals surface area contributed by atoms with Gasteiger partial charge in [-0.25, -0.2) is 4.99 Å². The van der Waals surface area contributed by atoms with Crippen molar-refractivity contribution in [3.63, 3.8) is 0 Å². The maximum absolute atomic E-state index is 12.9. The Kier molecular flexibility index (Phi) is 6.86. The molecule has 2 amide bonds. The second kappa shape index (κ2) is 10.1. The molecule has 168 valence electrons. The molecule has 3 N–H and O–H groups in total. The number of nitrogens with zero attached hydrogens (tertiary/aromatic N) is 1. The molecule has 1 atom stereocenters. The van der Waals surface area contributed by atoms with Crippen LogP contribution in [-0.2, 0) is 9.53 Å². The molecule has 9 nitrogen and oxygen atoms in total. The van der Waals surface area contributed by atoms with Gasteiger partial charge in [-0.15, -0.1) is 0 Å². The number of carbonyl (C=O) groups excluding carboxylic acids is 2. The first-order valence-electron chi connectivity index (χ1n) is 10.6. The summed E-state index contributed by atoms with van der Waals surface area (Å²) < 4.78 is 16.8. The molecular weight excluding hydrogens is 412 g/mol. The lowest BCUT2D eigenvalue weighted by molar-refractivity contribution is -0.114. The molecular formula is C23H26N4O5. The molecule has 0 spiro atoms. The highest BCUT2D eigenvalue weighted by atomic mass is 16.6. The van der Waals surface area contributed by atoms with E-state index in [-0.39, 0.29) is 17.9 Å². The number of aliphatic imine (C=N–C) groups is 1. The van der Waals surface area contributed by atoms with Crippen LogP contribution in [0.2, 0.25) is 0 Å². The summed E-state index contributed by atoms with van der Waals surface area (Å²) in [5.41, 5.74) is 1.64. The van der Waals surface area contributed by atoms with E-state index in [1.165, 1.54) is 6.92 Å². The highest BCUT2D eigenvalue weighted by Gasteiger charge is 2.17. The molecule has 2 heterocycles. The number of carbonyl (C=O) groups is 2. The average molecular weight is 438 g/mol. The molecule has 2 aliphatic rings. The van der Waals surface area contributed by atoms with E-state index in [1.807, 2.05) is 12.1 Å². The highest BCUT2D eigenvalue weighted by Crippen LogP contribution is 2.32. The molecule has 0 aliphatic carbocycles. The van der Waals surface area contributed by atoms with E-state index in [0.29, 0.717) is 54.2 Å². The fourth-order valence-corrected chi connectivity index (χ4v) is 3.47. The first-order valence-corrected chi connectivity index (χ1v) is 10.6. The first-order chi connectivity index (χ1) is 15.6. The van der Waals surface area contributed by atoms with Crippen molar-refractivity contribution in [3.05, 3.63) is 48.0 Å². The molecule has 2 aromatic rings. The van der Waals surface area contributed by atoms with Gasteiger partial charge in [0.15, 0.2) is 11.5 Å². The molecule has 0 bridgehead atoms. The Bertz CT molecular complexity index is 1020. The Balaban J connectivity index is 1.50. The van der Waals surface area contributed by atoms with Crippen molar-refractivity contribution in [1.82, 2.24) is 5.32 Å². The minimum absolute atomic E-state index is 0.0343. The Labute approximate surface area is 186 Å². The fraction of sp³-hybridized carbons (Fsp3) is 0.348. The summed E-state index contributed by atoms with van der Waals surface area (Å²) in [7, 11) is 0. The van der Waals surface area contributed by atoms with Crippen molar-refractivity contribution < 1.29 is 23.8 Å². The van der Waals surface area contributed by atoms with Crippen LogP contribution in [0.15, 0.2) is 47.5 Å². The van der Waals surface area contributed by atoms with Crippen LogP contribution in [0.1, 0.15) is 30.1 Å². The Hall–Kier alpha value is -3.59. The van der Waals surface area contributed by atoms with Gasteiger partial charge < -0.3 is 24.8 Å². The van der Waals surface area contributed by atoms with Gasteiger partial charge in [-0.3, -0.25) is 14.9 Å². The van der Waals surface area contributed by atoms with Crippen molar-refractivity contribution >= 4 is 29.1 Å². The number of fused-ring (bicyclic) bond motifs is 1. The number of amides is 2. The van der Waals surface area contributed by atoms with Crippen LogP contribution in [-0.4, -0.2) is 50.2 Å². The third-order valence-electron chi connectivity index (χ3n) is 4.96. The Morgan fingerprint density at radius 3 is 2.59 bits per heavy atom. The lowest BCUT2D eigenvalue weighted by atomic mass is 10.2. The quantitative estimate of drug-likeness (QED) is 0.489. The number of nitrogens with one attached hydrogen (secondary N) is 3. The van der Waals surface area contributed by atoms with Gasteiger partial charge in [0.05, 0.1) is 12.6 Å². The summed E-state index contributed by atoms with van der Waals surface area (Å²) in [4.78, 5) is 28.8. The molecule has 4 rings (SSSR count). The molecule has 1 saturated heterocycles. The van der Waals surface area contributed by atoms with Gasteiger partial charge in [0.25, 0.3) is 5.91 Å². The first kappa shape index (κ1) is 21.6. The fourth-order valence-electron chi connectivity index (χ4n) is 3.47. The predicted octanol–water partition coefficient (Wildman–Crippen LogP) is 2.79. The lowest BCUT2D eigenvalue weighted by Gasteiger charge is -2.20. The maximum atomic E-state index is 12.9. The second-order valence-corrected chi connectivity index (χ2v) is 7.52. The molecule has 1 fully saturated rings. The van der Waals surface area contributed by atoms with E-state index in [9.17, 15) is 9.59 Å². The third-order valence-corrected chi connectivity index (χ3v) is 4.96. The summed E-state index contributed by atoms with van der Waals surface area (Å²) in [5, 5.41) is 8.66. The van der Waals surface area contributed by atoms with Gasteiger partial charge in [0.2, 0.25) is 11.9 Å². The standard InChI is InChI=1S/C23H26N4O5/c1-15(28)25-17-5-2-4-16(12-17)22(29)27-23(24-14-19-6-3-9-30-19)26-18-7-8-20-21(13-18)32-11-10-31-20/h2,4-5,7-8,12-13,19H,3,6,9-11,14H2,1H3,(H,25,28)(H2,24,26,27,29). The minimum atomic E-state index is -0.353. The van der Waals surface area contributed by atoms with Gasteiger partial charge in [-0.2, -0.15) is 0 Å². The molecule has 32 heavy (non-hydrogen) atoms. The number of ether oxygens (including phenoxy) is 3. The van der Waals surface area contributed by atoms with E-state index < -0.39 is 0 Å². The summed E-state index contributed by atoms with van der Waals surface area (Å²) in [6.45, 7) is 3.58. The minimum Gasteiger partial charge on any atom is -0.486 e. The van der Waals surface area contributed by atoms with Crippen LogP contribution in [0.5, 0.6) is 11.5 Å². The van der Waals surface area contributed by atoms with E-state index in [1.54, 1.807) is 30.3 Å². The van der Waals surface area contributed by atoms with Crippen molar-refractivity contribution in [2.75, 3.05) is 37.0 Å². The van der Waals surface area contributed by atoms with E-state index >= 15 is 0 Å². The largest absolute Gasteiger partial charge is 0.486 e. The molecule has 9 heteroatoms. The topological polar surface area (TPSA) is 110 Å². The molecule has 0 saturated carbocycles. The van der Waals surface area contributed by atoms with Crippen LogP contribution in [0.25, 0.3) is 0 Å². The molecule has 0 aromatic heterocycles. The van der Waals surface area contributed by atoms with E-state index in [2.05, 4.69) is 20.9 Å². The van der Waals surface area contributed by atoms with Crippen molar-refractivity contribution in [3.8, 4) is 11.5 Å². The number of guanidine groups is 1. The summed E-state index contributed by atoms with van der Waals surface area (Å²) in [5.74, 6) is 1.05. The van der Waals surface area contributed by atoms with Crippen molar-refractivity contribution in [2.24, 2.45) is 4.99 Å². The highest BCUT2D eigenvalue weighted by molar-refractivity contribution is 6.10. The Morgan fingerprint density at radius 2 is 1.81 bits per heavy atom. The van der Waals surface area contributed by atoms with Gasteiger partial charge >= 0.3 is 0 Å². The van der Waals surface area contributed by atoms with Crippen LogP contribution < -0.4 is 25.4 Å². The maximum Gasteiger partial charge on any atom is 0.258 e. The van der Waals surface area contributed by atoms with E-state index in [4.69, 9.17) is 14.2 Å². The smallest absolute Gasteiger partial charge is 0.258 e. The molecule has 2 aliphatic heterocycles. The second-order valence-electron chi connectivity index (χ2n) is 7.52. The van der Waals surface area contributed by atoms with Crippen LogP contribution in [0.3, 0.4) is 0 Å². The molecule has 2 aromatic carbocycles. The zero-order valence-corrected chi connectivity index (χ0v) is 17.8. The average Bonchev–Trinajstić information content (AvgIpc) is 3.31. The van der Waals surface area contributed by atoms with Crippen LogP contribution in [0.4, 0.5) is 11.4 Å². The normalized spacial score (nSPS) is 17.5. The zero-order chi connectivity index (χ0) is 22.3. The number of anilines is 2. The van der Waals surface area contributed by atoms with Crippen molar-refractivity contribution in [2.45, 2.75) is 25.9 Å². The number of hydrogen-bond donors (Lipinski definition) is 3. The molecule has 0 radical (unpaired) electrons. The van der Waals surface area contributed by atoms with Gasteiger partial charge in [0, 0.05) is 36.5 Å². The van der Waals surface area contributed by atoms with Crippen molar-refractivity contribution in [1.29, 1.82) is 0 Å². The third kappa shape index (κ3) is 5.76. The summed E-state index contributed by atoms with van der Waals surface area (Å²) in [6, 6.07) is 12.2. The predicted molar refractivity (Wildman–Crippen MR) is 121 cm³/mol. The summed E-state index contributed by atoms with van der Waals surface area (Å²) >= 11 is 0. The van der Waals surface area contributed by atoms with Crippen LogP contribution >= 0.6 is 0 Å². The lowest BCUT2D eigenvalue weighted by Crippen LogP contribution is -2.36. The number of hydrogen-bond acceptors (Lipinski definition) is 6. The zero-order valence-electron chi connectivity index (χ0n) is 17.8. The van der Waals surface area contributed by atoms with E-state index in [0.717, 1.165) is 19.4 Å². The Morgan fingerprint density at radius 1 is 1.00 bits per heavy atom. The van der Waals surface area contributed by atoms with Gasteiger partial charge in [0.1, 0.15) is 13.2 Å². The SMILES string of the molecule is CC(=O)Nc1cccc(C(=O)NC(=NCC2CCCO2)Nc2ccc3c(c2)OCCO3)c1. The number of rotatable bonds is 5. The number of benzene rings is 2. The summed E-state index contributed by atoms with van der Waals surface area (Å²) in [6.07, 6.45) is 1.98. The monoisotopic (exact) mass is 438 g/mol. The van der Waals surface area contributed by atoms with Gasteiger partial charge in [-0.1, -0.05) is 6.07 Å². The van der Waals surface area contributed by atoms with Crippen LogP contribution in [0, 0.1) is 0 Å².